The molecule has 1 unspecified atom stereocenters. The lowest BCUT2D eigenvalue weighted by molar-refractivity contribution is -0.119. The van der Waals surface area contributed by atoms with Crippen LogP contribution in [0.15, 0.2) is 5.38 Å². The number of thiazole rings is 1. The average Bonchev–Trinajstić information content (AvgIpc) is 2.73. The minimum Gasteiger partial charge on any atom is -0.299 e. The lowest BCUT2D eigenvalue weighted by atomic mass is 10.0. The Kier molecular flexibility index (Phi) is 3.63. The second-order valence-corrected chi connectivity index (χ2v) is 7.74. The third-order valence-electron chi connectivity index (χ3n) is 2.86. The van der Waals surface area contributed by atoms with Gasteiger partial charge in [-0.25, -0.2) is 13.4 Å². The van der Waals surface area contributed by atoms with Gasteiger partial charge in [-0.2, -0.15) is 0 Å². The molecule has 1 fully saturated rings. The van der Waals surface area contributed by atoms with Crippen LogP contribution in [-0.2, 0) is 21.1 Å². The fraction of sp³-hybridized carbons (Fsp3) is 0.636. The first-order valence-corrected chi connectivity index (χ1v) is 8.28. The van der Waals surface area contributed by atoms with Gasteiger partial charge < -0.3 is 0 Å². The molecule has 6 heteroatoms. The second kappa shape index (κ2) is 4.86. The van der Waals surface area contributed by atoms with E-state index < -0.39 is 9.84 Å². The Bertz CT molecular complexity index is 519. The number of Topliss-reactive ketones (excluding diaryl/α,β-unsaturated/α-hetero) is 1. The maximum absolute atomic E-state index is 11.8. The van der Waals surface area contributed by atoms with Crippen molar-refractivity contribution in [1.29, 1.82) is 0 Å². The summed E-state index contributed by atoms with van der Waals surface area (Å²) in [5, 5.41) is 2.75. The molecule has 0 aliphatic carbocycles. The van der Waals surface area contributed by atoms with Crippen LogP contribution in [0.2, 0.25) is 0 Å². The Labute approximate surface area is 105 Å². The topological polar surface area (TPSA) is 64.1 Å². The SMILES string of the molecule is Cc1csc(CC(=O)CC2CCS(=O)(=O)C2)n1. The third kappa shape index (κ3) is 3.61. The van der Waals surface area contributed by atoms with Crippen molar-refractivity contribution in [1.82, 2.24) is 4.98 Å². The number of hydrogen-bond donors (Lipinski definition) is 0. The Morgan fingerprint density at radius 2 is 2.35 bits per heavy atom. The van der Waals surface area contributed by atoms with Gasteiger partial charge in [-0.05, 0) is 19.3 Å². The van der Waals surface area contributed by atoms with Crippen molar-refractivity contribution in [3.05, 3.63) is 16.1 Å². The van der Waals surface area contributed by atoms with Crippen LogP contribution in [0, 0.1) is 12.8 Å². The quantitative estimate of drug-likeness (QED) is 0.831. The van der Waals surface area contributed by atoms with Crippen molar-refractivity contribution >= 4 is 27.0 Å². The summed E-state index contributed by atoms with van der Waals surface area (Å²) in [6.07, 6.45) is 1.35. The zero-order valence-electron chi connectivity index (χ0n) is 9.68. The Balaban J connectivity index is 1.86. The van der Waals surface area contributed by atoms with Crippen LogP contribution in [0.4, 0.5) is 0 Å². The van der Waals surface area contributed by atoms with E-state index in [1.54, 1.807) is 0 Å². The summed E-state index contributed by atoms with van der Waals surface area (Å²) in [6, 6.07) is 0. The first kappa shape index (κ1) is 12.7. The Morgan fingerprint density at radius 1 is 1.59 bits per heavy atom. The smallest absolute Gasteiger partial charge is 0.150 e. The molecular weight excluding hydrogens is 258 g/mol. The molecule has 94 valence electrons. The summed E-state index contributed by atoms with van der Waals surface area (Å²) in [6.45, 7) is 1.90. The van der Waals surface area contributed by atoms with Crippen LogP contribution in [0.1, 0.15) is 23.5 Å². The van der Waals surface area contributed by atoms with E-state index in [0.29, 0.717) is 19.3 Å². The van der Waals surface area contributed by atoms with Gasteiger partial charge in [0.1, 0.15) is 10.8 Å². The largest absolute Gasteiger partial charge is 0.299 e. The highest BCUT2D eigenvalue weighted by Gasteiger charge is 2.29. The summed E-state index contributed by atoms with van der Waals surface area (Å²) in [4.78, 5) is 16.0. The van der Waals surface area contributed by atoms with Gasteiger partial charge in [-0.15, -0.1) is 11.3 Å². The van der Waals surface area contributed by atoms with Gasteiger partial charge in [0.05, 0.1) is 17.9 Å². The van der Waals surface area contributed by atoms with Crippen molar-refractivity contribution < 1.29 is 13.2 Å². The molecule has 0 N–H and O–H groups in total. The number of sulfone groups is 1. The van der Waals surface area contributed by atoms with Crippen LogP contribution in [-0.4, -0.2) is 30.7 Å². The van der Waals surface area contributed by atoms with Crippen molar-refractivity contribution in [2.45, 2.75) is 26.2 Å². The van der Waals surface area contributed by atoms with E-state index in [1.807, 2.05) is 12.3 Å². The number of carbonyl (C=O) groups excluding carboxylic acids is 1. The number of nitrogens with zero attached hydrogens (tertiary/aromatic N) is 1. The second-order valence-electron chi connectivity index (χ2n) is 4.57. The van der Waals surface area contributed by atoms with E-state index >= 15 is 0 Å². The van der Waals surface area contributed by atoms with E-state index in [4.69, 9.17) is 0 Å². The zero-order chi connectivity index (χ0) is 12.5. The summed E-state index contributed by atoms with van der Waals surface area (Å²) in [5.74, 6) is 0.534. The van der Waals surface area contributed by atoms with E-state index in [-0.39, 0.29) is 23.2 Å². The molecule has 0 amide bonds. The number of rotatable bonds is 4. The van der Waals surface area contributed by atoms with Gasteiger partial charge in [-0.3, -0.25) is 4.79 Å². The Morgan fingerprint density at radius 3 is 2.88 bits per heavy atom. The first-order chi connectivity index (χ1) is 7.94. The number of carbonyl (C=O) groups is 1. The lowest BCUT2D eigenvalue weighted by Crippen LogP contribution is -2.12. The highest BCUT2D eigenvalue weighted by Crippen LogP contribution is 2.22. The fourth-order valence-corrected chi connectivity index (χ4v) is 4.74. The molecule has 1 aromatic rings. The minimum absolute atomic E-state index is 0.0218. The highest BCUT2D eigenvalue weighted by molar-refractivity contribution is 7.91. The summed E-state index contributed by atoms with van der Waals surface area (Å²) >= 11 is 1.49. The van der Waals surface area contributed by atoms with Crippen LogP contribution >= 0.6 is 11.3 Å². The predicted octanol–water partition coefficient (Wildman–Crippen LogP) is 1.39. The highest BCUT2D eigenvalue weighted by atomic mass is 32.2. The van der Waals surface area contributed by atoms with Crippen molar-refractivity contribution in [3.8, 4) is 0 Å². The van der Waals surface area contributed by atoms with E-state index in [2.05, 4.69) is 4.98 Å². The van der Waals surface area contributed by atoms with E-state index in [0.717, 1.165) is 10.7 Å². The number of aryl methyl sites for hydroxylation is 1. The van der Waals surface area contributed by atoms with Gasteiger partial charge in [0.15, 0.2) is 9.84 Å². The molecule has 2 rings (SSSR count). The first-order valence-electron chi connectivity index (χ1n) is 5.58. The number of aromatic nitrogens is 1. The maximum atomic E-state index is 11.8. The molecule has 1 aliphatic rings. The Hall–Kier alpha value is -0.750. The van der Waals surface area contributed by atoms with Crippen LogP contribution < -0.4 is 0 Å². The summed E-state index contributed by atoms with van der Waals surface area (Å²) < 4.78 is 22.5. The summed E-state index contributed by atoms with van der Waals surface area (Å²) in [7, 11) is -2.88. The van der Waals surface area contributed by atoms with Crippen molar-refractivity contribution in [2.75, 3.05) is 11.5 Å². The number of hydrogen-bond acceptors (Lipinski definition) is 5. The van der Waals surface area contributed by atoms with Crippen molar-refractivity contribution in [3.63, 3.8) is 0 Å². The zero-order valence-corrected chi connectivity index (χ0v) is 11.3. The molecule has 1 atom stereocenters. The molecule has 1 saturated heterocycles. The molecule has 0 spiro atoms. The van der Waals surface area contributed by atoms with Crippen LogP contribution in [0.3, 0.4) is 0 Å². The molecule has 1 aliphatic heterocycles. The van der Waals surface area contributed by atoms with Crippen LogP contribution in [0.5, 0.6) is 0 Å². The van der Waals surface area contributed by atoms with Gasteiger partial charge in [0.2, 0.25) is 0 Å². The molecule has 4 nitrogen and oxygen atoms in total. The van der Waals surface area contributed by atoms with Gasteiger partial charge in [0, 0.05) is 17.5 Å². The average molecular weight is 273 g/mol. The van der Waals surface area contributed by atoms with Gasteiger partial charge >= 0.3 is 0 Å². The third-order valence-corrected chi connectivity index (χ3v) is 5.66. The predicted molar refractivity (Wildman–Crippen MR) is 66.9 cm³/mol. The minimum atomic E-state index is -2.88. The van der Waals surface area contributed by atoms with E-state index in [9.17, 15) is 13.2 Å². The van der Waals surface area contributed by atoms with Crippen LogP contribution in [0.25, 0.3) is 0 Å². The molecule has 0 saturated carbocycles. The molecule has 17 heavy (non-hydrogen) atoms. The van der Waals surface area contributed by atoms with Gasteiger partial charge in [-0.1, -0.05) is 0 Å². The molecule has 0 bridgehead atoms. The molecule has 0 aromatic carbocycles. The molecular formula is C11H15NO3S2. The molecule has 0 radical (unpaired) electrons. The summed E-state index contributed by atoms with van der Waals surface area (Å²) in [5.41, 5.74) is 0.932. The molecule has 2 heterocycles. The lowest BCUT2D eigenvalue weighted by Gasteiger charge is -2.04. The molecule has 1 aromatic heterocycles. The normalized spacial score (nSPS) is 22.8. The maximum Gasteiger partial charge on any atom is 0.150 e. The van der Waals surface area contributed by atoms with E-state index in [1.165, 1.54) is 11.3 Å². The fourth-order valence-electron chi connectivity index (χ4n) is 2.08. The van der Waals surface area contributed by atoms with Crippen molar-refractivity contribution in [2.24, 2.45) is 5.92 Å². The number of ketones is 1. The standard InChI is InChI=1S/C11H15NO3S2/c1-8-6-16-11(12-8)5-10(13)4-9-2-3-17(14,15)7-9/h6,9H,2-5,7H2,1H3. The monoisotopic (exact) mass is 273 g/mol. The van der Waals surface area contributed by atoms with Gasteiger partial charge in [0.25, 0.3) is 0 Å².